The van der Waals surface area contributed by atoms with E-state index in [0.717, 1.165) is 29.6 Å². The number of aliphatic hydroxyl groups is 1. The van der Waals surface area contributed by atoms with Crippen molar-refractivity contribution in [3.63, 3.8) is 0 Å². The second-order valence-corrected chi connectivity index (χ2v) is 20.5. The summed E-state index contributed by atoms with van der Waals surface area (Å²) in [5, 5.41) is 16.0. The van der Waals surface area contributed by atoms with Crippen LogP contribution in [0.5, 0.6) is 0 Å². The maximum atomic E-state index is 16.9. The number of aromatic nitrogens is 4. The Balaban J connectivity index is 1.67. The van der Waals surface area contributed by atoms with E-state index in [1.807, 2.05) is 6.20 Å². The Bertz CT molecular complexity index is 1640. The van der Waals surface area contributed by atoms with Gasteiger partial charge in [-0.05, 0) is 68.4 Å². The highest BCUT2D eigenvalue weighted by molar-refractivity contribution is 6.82. The molecule has 3 aromatic heterocycles. The van der Waals surface area contributed by atoms with Gasteiger partial charge in [-0.15, -0.1) is 0 Å². The third-order valence-electron chi connectivity index (χ3n) is 9.23. The van der Waals surface area contributed by atoms with Crippen LogP contribution in [0.25, 0.3) is 11.0 Å². The topological polar surface area (TPSA) is 105 Å². The van der Waals surface area contributed by atoms with Gasteiger partial charge in [0.05, 0.1) is 17.6 Å². The van der Waals surface area contributed by atoms with Crippen molar-refractivity contribution in [2.45, 2.75) is 116 Å². The van der Waals surface area contributed by atoms with E-state index < -0.39 is 38.2 Å². The molecule has 1 saturated carbocycles. The molecule has 248 valence electrons. The summed E-state index contributed by atoms with van der Waals surface area (Å²) < 4.78 is 24.7. The summed E-state index contributed by atoms with van der Waals surface area (Å²) in [4.78, 5) is 27.7. The van der Waals surface area contributed by atoms with Gasteiger partial charge in [0.1, 0.15) is 35.0 Å². The van der Waals surface area contributed by atoms with E-state index in [0.29, 0.717) is 27.9 Å². The Labute approximate surface area is 277 Å². The largest absolute Gasteiger partial charge is 0.444 e. The maximum absolute atomic E-state index is 16.9. The van der Waals surface area contributed by atoms with E-state index in [-0.39, 0.29) is 16.6 Å². The molecule has 2 unspecified atom stereocenters. The SMILES string of the molecule is CC(C)[Si](C(C)C)(C(C)C)n1cc(C(O)C2=C(F)N(c3ccc(Cl)nc3)C(NC(=O)OC(C)(C)C)C=C2)c2c(C3CC3)ncnc21. The lowest BCUT2D eigenvalue weighted by Gasteiger charge is -2.44. The monoisotopic (exact) mass is 668 g/mol. The van der Waals surface area contributed by atoms with Crippen LogP contribution in [0.2, 0.25) is 21.8 Å². The van der Waals surface area contributed by atoms with E-state index in [4.69, 9.17) is 26.3 Å². The number of halogens is 2. The predicted octanol–water partition coefficient (Wildman–Crippen LogP) is 8.52. The molecular weight excluding hydrogens is 623 g/mol. The summed E-state index contributed by atoms with van der Waals surface area (Å²) in [6.45, 7) is 18.9. The summed E-state index contributed by atoms with van der Waals surface area (Å²) in [6.07, 6.45) is 7.26. The molecule has 12 heteroatoms. The van der Waals surface area contributed by atoms with Crippen molar-refractivity contribution in [2.24, 2.45) is 0 Å². The summed E-state index contributed by atoms with van der Waals surface area (Å²) in [6, 6.07) is 3.16. The standard InChI is InChI=1S/C34H46ClFN6O3Si/c1-19(2)46(20(3)4,21(5)6)41-17-25(28-29(22-10-11-22)38-18-39-32(28)41)30(43)24-13-15-27(40-33(44)45-34(7,8)9)42(31(24)36)23-12-14-26(35)37-16-23/h12-22,27,30,43H,10-11H2,1-9H3,(H,40,44). The average Bonchev–Trinajstić information content (AvgIpc) is 3.73. The van der Waals surface area contributed by atoms with Gasteiger partial charge < -0.3 is 14.1 Å². The summed E-state index contributed by atoms with van der Waals surface area (Å²) >= 11 is 6.06. The van der Waals surface area contributed by atoms with Gasteiger partial charge in [0.2, 0.25) is 5.95 Å². The smallest absolute Gasteiger partial charge is 0.409 e. The Hall–Kier alpha value is -3.28. The lowest BCUT2D eigenvalue weighted by Crippen LogP contribution is -2.51. The van der Waals surface area contributed by atoms with Crippen molar-refractivity contribution < 1.29 is 19.0 Å². The number of alkyl carbamates (subject to hydrolysis) is 1. The van der Waals surface area contributed by atoms with E-state index >= 15 is 4.39 Å². The van der Waals surface area contributed by atoms with E-state index in [2.05, 4.69) is 56.1 Å². The van der Waals surface area contributed by atoms with E-state index in [1.165, 1.54) is 17.2 Å². The van der Waals surface area contributed by atoms with Crippen LogP contribution in [0.1, 0.15) is 98.4 Å². The Morgan fingerprint density at radius 1 is 1.09 bits per heavy atom. The molecule has 5 rings (SSSR count). The van der Waals surface area contributed by atoms with Crippen molar-refractivity contribution in [3.05, 3.63) is 70.9 Å². The highest BCUT2D eigenvalue weighted by Crippen LogP contribution is 2.49. The molecule has 0 aromatic carbocycles. The molecule has 2 aliphatic rings. The van der Waals surface area contributed by atoms with Crippen molar-refractivity contribution in [1.29, 1.82) is 0 Å². The number of fused-ring (bicyclic) bond motifs is 1. The molecule has 0 bridgehead atoms. The number of nitrogens with one attached hydrogen (secondary N) is 1. The van der Waals surface area contributed by atoms with Crippen molar-refractivity contribution >= 4 is 42.7 Å². The number of carbonyl (C=O) groups is 1. The fourth-order valence-electron chi connectivity index (χ4n) is 7.42. The van der Waals surface area contributed by atoms with E-state index in [1.54, 1.807) is 45.3 Å². The lowest BCUT2D eigenvalue weighted by molar-refractivity contribution is 0.0513. The number of hydrogen-bond donors (Lipinski definition) is 2. The first kappa shape index (κ1) is 34.1. The van der Waals surface area contributed by atoms with Crippen LogP contribution in [-0.2, 0) is 4.74 Å². The normalized spacial score (nSPS) is 18.3. The lowest BCUT2D eigenvalue weighted by atomic mass is 9.97. The molecule has 2 atom stereocenters. The molecule has 46 heavy (non-hydrogen) atoms. The minimum atomic E-state index is -2.32. The first-order valence-electron chi connectivity index (χ1n) is 16.1. The van der Waals surface area contributed by atoms with Gasteiger partial charge in [0, 0.05) is 28.6 Å². The van der Waals surface area contributed by atoms with Gasteiger partial charge in [0.15, 0.2) is 8.24 Å². The highest BCUT2D eigenvalue weighted by Gasteiger charge is 2.47. The van der Waals surface area contributed by atoms with Gasteiger partial charge in [-0.2, -0.15) is 4.39 Å². The molecular formula is C34H46ClFN6O3Si. The van der Waals surface area contributed by atoms with Crippen LogP contribution in [0.4, 0.5) is 14.9 Å². The third-order valence-corrected chi connectivity index (χ3v) is 16.2. The molecule has 0 radical (unpaired) electrons. The van der Waals surface area contributed by atoms with Crippen LogP contribution in [0.15, 0.2) is 54.5 Å². The molecule has 1 fully saturated rings. The van der Waals surface area contributed by atoms with Gasteiger partial charge in [-0.1, -0.05) is 59.2 Å². The fraction of sp³-hybridized carbons (Fsp3) is 0.529. The minimum absolute atomic E-state index is 0.0488. The number of amides is 1. The molecule has 1 aliphatic heterocycles. The Morgan fingerprint density at radius 2 is 1.74 bits per heavy atom. The summed E-state index contributed by atoms with van der Waals surface area (Å²) in [7, 11) is -2.32. The van der Waals surface area contributed by atoms with Crippen molar-refractivity contribution in [1.82, 2.24) is 24.5 Å². The molecule has 0 spiro atoms. The number of pyridine rings is 1. The van der Waals surface area contributed by atoms with Crippen LogP contribution in [0.3, 0.4) is 0 Å². The number of ether oxygens (including phenoxy) is 1. The van der Waals surface area contributed by atoms with Gasteiger partial charge in [-0.3, -0.25) is 10.2 Å². The summed E-state index contributed by atoms with van der Waals surface area (Å²) in [5.41, 5.74) is 3.03. The van der Waals surface area contributed by atoms with Crippen LogP contribution >= 0.6 is 11.6 Å². The quantitative estimate of drug-likeness (QED) is 0.134. The molecule has 4 heterocycles. The molecule has 2 N–H and O–H groups in total. The Morgan fingerprint density at radius 3 is 2.28 bits per heavy atom. The number of aliphatic hydroxyl groups excluding tert-OH is 1. The molecule has 0 saturated heterocycles. The van der Waals surface area contributed by atoms with Gasteiger partial charge in [0.25, 0.3) is 0 Å². The van der Waals surface area contributed by atoms with Gasteiger partial charge in [-0.25, -0.2) is 19.7 Å². The molecule has 1 aliphatic carbocycles. The number of carbonyl (C=O) groups excluding carboxylic acids is 1. The zero-order chi connectivity index (χ0) is 33.7. The molecule has 3 aromatic rings. The Kier molecular flexibility index (Phi) is 9.42. The maximum Gasteiger partial charge on any atom is 0.409 e. The molecule has 1 amide bonds. The third kappa shape index (κ3) is 6.21. The first-order chi connectivity index (χ1) is 21.6. The second-order valence-electron chi connectivity index (χ2n) is 14.3. The zero-order valence-electron chi connectivity index (χ0n) is 28.2. The first-order valence-corrected chi connectivity index (χ1v) is 18.7. The van der Waals surface area contributed by atoms with Gasteiger partial charge >= 0.3 is 6.09 Å². The zero-order valence-corrected chi connectivity index (χ0v) is 29.9. The average molecular weight is 669 g/mol. The van der Waals surface area contributed by atoms with Crippen LogP contribution in [-0.4, -0.2) is 50.4 Å². The minimum Gasteiger partial charge on any atom is -0.444 e. The van der Waals surface area contributed by atoms with Crippen LogP contribution in [0, 0.1) is 0 Å². The fourth-order valence-corrected chi connectivity index (χ4v) is 14.1. The van der Waals surface area contributed by atoms with E-state index in [9.17, 15) is 9.90 Å². The van der Waals surface area contributed by atoms with Crippen molar-refractivity contribution in [3.8, 4) is 0 Å². The number of rotatable bonds is 9. The van der Waals surface area contributed by atoms with Crippen molar-refractivity contribution in [2.75, 3.05) is 4.90 Å². The van der Waals surface area contributed by atoms with Crippen LogP contribution < -0.4 is 10.2 Å². The number of anilines is 1. The second kappa shape index (κ2) is 12.7. The number of nitrogens with zero attached hydrogens (tertiary/aromatic N) is 5. The molecule has 9 nitrogen and oxygen atoms in total. The number of hydrogen-bond acceptors (Lipinski definition) is 7. The predicted molar refractivity (Wildman–Crippen MR) is 183 cm³/mol. The summed E-state index contributed by atoms with van der Waals surface area (Å²) in [5.74, 6) is -0.453. The highest BCUT2D eigenvalue weighted by atomic mass is 35.5.